The molecule has 2 rings (SSSR count). The lowest BCUT2D eigenvalue weighted by atomic mass is 10.2. The van der Waals surface area contributed by atoms with Crippen LogP contribution in [-0.4, -0.2) is 23.0 Å². The highest BCUT2D eigenvalue weighted by molar-refractivity contribution is 5.93. The quantitative estimate of drug-likeness (QED) is 0.739. The van der Waals surface area contributed by atoms with E-state index in [0.717, 1.165) is 6.07 Å². The third-order valence-electron chi connectivity index (χ3n) is 2.45. The zero-order valence-electron chi connectivity index (χ0n) is 10.1. The summed E-state index contributed by atoms with van der Waals surface area (Å²) in [4.78, 5) is 15.3. The van der Waals surface area contributed by atoms with Crippen molar-refractivity contribution in [3.63, 3.8) is 0 Å². The first-order valence-electron chi connectivity index (χ1n) is 5.54. The summed E-state index contributed by atoms with van der Waals surface area (Å²) in [6.45, 7) is 0. The van der Waals surface area contributed by atoms with Crippen LogP contribution in [0.3, 0.4) is 0 Å². The maximum absolute atomic E-state index is 13.5. The van der Waals surface area contributed by atoms with Crippen LogP contribution in [0.2, 0.25) is 0 Å². The van der Waals surface area contributed by atoms with E-state index in [9.17, 15) is 9.18 Å². The van der Waals surface area contributed by atoms with Gasteiger partial charge in [0.15, 0.2) is 0 Å². The second-order valence-corrected chi connectivity index (χ2v) is 3.80. The fraction of sp³-hybridized carbons (Fsp3) is 0.0769. The number of carbonyl (C=O) groups excluding carboxylic acids is 1. The number of halogens is 1. The Morgan fingerprint density at radius 3 is 2.79 bits per heavy atom. The van der Waals surface area contributed by atoms with E-state index in [4.69, 9.17) is 5.11 Å². The number of hydrogen-bond acceptors (Lipinski definition) is 4. The van der Waals surface area contributed by atoms with Crippen LogP contribution in [0.5, 0.6) is 5.75 Å². The molecule has 0 atom stereocenters. The number of pyridine rings is 1. The van der Waals surface area contributed by atoms with Gasteiger partial charge in [-0.25, -0.2) is 4.39 Å². The number of carbonyl (C=O) groups is 1. The zero-order valence-corrected chi connectivity index (χ0v) is 10.1. The number of phenolic OH excluding ortho intramolecular Hbond substituents is 1. The first-order valence-corrected chi connectivity index (χ1v) is 5.54. The zero-order chi connectivity index (χ0) is 13.8. The molecule has 0 bridgehead atoms. The van der Waals surface area contributed by atoms with E-state index in [1.165, 1.54) is 31.4 Å². The van der Waals surface area contributed by atoms with Crippen LogP contribution in [0.25, 0.3) is 0 Å². The van der Waals surface area contributed by atoms with Crippen LogP contribution >= 0.6 is 0 Å². The summed E-state index contributed by atoms with van der Waals surface area (Å²) < 4.78 is 13.5. The van der Waals surface area contributed by atoms with E-state index >= 15 is 0 Å². The monoisotopic (exact) mass is 261 g/mol. The highest BCUT2D eigenvalue weighted by atomic mass is 19.1. The minimum Gasteiger partial charge on any atom is -0.508 e. The van der Waals surface area contributed by atoms with E-state index < -0.39 is 5.82 Å². The van der Waals surface area contributed by atoms with Crippen LogP contribution in [0, 0.1) is 5.82 Å². The van der Waals surface area contributed by atoms with Crippen molar-refractivity contribution in [1.82, 2.24) is 10.3 Å². The van der Waals surface area contributed by atoms with Crippen LogP contribution in [0.1, 0.15) is 10.5 Å². The molecule has 0 aliphatic carbocycles. The molecule has 0 saturated heterocycles. The largest absolute Gasteiger partial charge is 0.508 e. The van der Waals surface area contributed by atoms with Gasteiger partial charge in [-0.05, 0) is 24.3 Å². The van der Waals surface area contributed by atoms with Crippen LogP contribution < -0.4 is 10.6 Å². The third-order valence-corrected chi connectivity index (χ3v) is 2.45. The van der Waals surface area contributed by atoms with Gasteiger partial charge in [-0.2, -0.15) is 0 Å². The number of amides is 1. The highest BCUT2D eigenvalue weighted by Crippen LogP contribution is 2.23. The van der Waals surface area contributed by atoms with Gasteiger partial charge in [-0.1, -0.05) is 0 Å². The van der Waals surface area contributed by atoms with Crippen molar-refractivity contribution in [3.05, 3.63) is 48.0 Å². The molecule has 0 unspecified atom stereocenters. The summed E-state index contributed by atoms with van der Waals surface area (Å²) in [6, 6.07) is 6.89. The Balaban J connectivity index is 2.26. The molecule has 5 nitrogen and oxygen atoms in total. The minimum atomic E-state index is -0.585. The Hall–Kier alpha value is -2.63. The molecule has 98 valence electrons. The number of phenols is 1. The number of rotatable bonds is 3. The molecule has 1 aromatic heterocycles. The molecule has 0 fully saturated rings. The molecule has 6 heteroatoms. The second-order valence-electron chi connectivity index (χ2n) is 3.80. The molecule has 1 aromatic carbocycles. The normalized spacial score (nSPS) is 10.0. The number of hydrogen-bond donors (Lipinski definition) is 3. The SMILES string of the molecule is CNC(=O)c1cc(Nc2ccc(O)cc2F)ccn1. The number of aromatic hydroxyl groups is 1. The Labute approximate surface area is 109 Å². The van der Waals surface area contributed by atoms with Gasteiger partial charge in [0.2, 0.25) is 0 Å². The predicted octanol–water partition coefficient (Wildman–Crippen LogP) is 2.03. The number of benzene rings is 1. The van der Waals surface area contributed by atoms with E-state index in [1.807, 2.05) is 0 Å². The standard InChI is InChI=1S/C13H12FN3O2/c1-15-13(19)12-6-8(4-5-16-12)17-11-3-2-9(18)7-10(11)14/h2-7,18H,1H3,(H,15,19)(H,16,17). The van der Waals surface area contributed by atoms with Crippen LogP contribution in [-0.2, 0) is 0 Å². The lowest BCUT2D eigenvalue weighted by molar-refractivity contribution is 0.0958. The van der Waals surface area contributed by atoms with Gasteiger partial charge >= 0.3 is 0 Å². The Morgan fingerprint density at radius 1 is 1.32 bits per heavy atom. The smallest absolute Gasteiger partial charge is 0.269 e. The summed E-state index contributed by atoms with van der Waals surface area (Å²) in [7, 11) is 1.50. The second kappa shape index (κ2) is 5.34. The van der Waals surface area contributed by atoms with Crippen molar-refractivity contribution in [2.24, 2.45) is 0 Å². The van der Waals surface area contributed by atoms with Crippen molar-refractivity contribution in [3.8, 4) is 5.75 Å². The van der Waals surface area contributed by atoms with Crippen molar-refractivity contribution in [2.75, 3.05) is 12.4 Å². The van der Waals surface area contributed by atoms with Gasteiger partial charge in [-0.3, -0.25) is 9.78 Å². The predicted molar refractivity (Wildman–Crippen MR) is 69.0 cm³/mol. The van der Waals surface area contributed by atoms with Crippen LogP contribution in [0.4, 0.5) is 15.8 Å². The molecule has 0 saturated carbocycles. The van der Waals surface area contributed by atoms with Crippen molar-refractivity contribution < 1.29 is 14.3 Å². The molecule has 0 radical (unpaired) electrons. The first-order chi connectivity index (χ1) is 9.10. The first kappa shape index (κ1) is 12.8. The summed E-state index contributed by atoms with van der Waals surface area (Å²) in [5.41, 5.74) is 0.955. The Morgan fingerprint density at radius 2 is 2.11 bits per heavy atom. The summed E-state index contributed by atoms with van der Waals surface area (Å²) in [5, 5.41) is 14.4. The number of nitrogens with one attached hydrogen (secondary N) is 2. The maximum Gasteiger partial charge on any atom is 0.269 e. The maximum atomic E-state index is 13.5. The molecular weight excluding hydrogens is 249 g/mol. The summed E-state index contributed by atoms with van der Waals surface area (Å²) >= 11 is 0. The van der Waals surface area contributed by atoms with Crippen LogP contribution in [0.15, 0.2) is 36.5 Å². The minimum absolute atomic E-state index is 0.149. The number of nitrogens with zero attached hydrogens (tertiary/aromatic N) is 1. The number of anilines is 2. The van der Waals surface area contributed by atoms with Gasteiger partial charge in [0.25, 0.3) is 5.91 Å². The molecule has 1 heterocycles. The topological polar surface area (TPSA) is 74.2 Å². The molecule has 19 heavy (non-hydrogen) atoms. The fourth-order valence-electron chi connectivity index (χ4n) is 1.52. The third kappa shape index (κ3) is 2.98. The Kier molecular flexibility index (Phi) is 3.61. The lowest BCUT2D eigenvalue weighted by Gasteiger charge is -2.08. The van der Waals surface area contributed by atoms with Gasteiger partial charge in [0, 0.05) is 25.0 Å². The van der Waals surface area contributed by atoms with Crippen molar-refractivity contribution in [1.29, 1.82) is 0 Å². The fourth-order valence-corrected chi connectivity index (χ4v) is 1.52. The number of aromatic nitrogens is 1. The molecule has 0 aliphatic rings. The Bertz CT molecular complexity index is 617. The molecule has 0 spiro atoms. The van der Waals surface area contributed by atoms with Gasteiger partial charge in [0.05, 0.1) is 5.69 Å². The van der Waals surface area contributed by atoms with Crippen molar-refractivity contribution >= 4 is 17.3 Å². The molecule has 0 aliphatic heterocycles. The van der Waals surface area contributed by atoms with Crippen molar-refractivity contribution in [2.45, 2.75) is 0 Å². The average Bonchev–Trinajstić information content (AvgIpc) is 2.41. The average molecular weight is 261 g/mol. The van der Waals surface area contributed by atoms with E-state index in [2.05, 4.69) is 15.6 Å². The summed E-state index contributed by atoms with van der Waals surface area (Å²) in [6.07, 6.45) is 1.45. The van der Waals surface area contributed by atoms with E-state index in [0.29, 0.717) is 5.69 Å². The molecule has 2 aromatic rings. The summed E-state index contributed by atoms with van der Waals surface area (Å²) in [5.74, 6) is -1.06. The highest BCUT2D eigenvalue weighted by Gasteiger charge is 2.07. The van der Waals surface area contributed by atoms with Gasteiger partial charge < -0.3 is 15.7 Å². The molecular formula is C13H12FN3O2. The lowest BCUT2D eigenvalue weighted by Crippen LogP contribution is -2.19. The molecule has 3 N–H and O–H groups in total. The van der Waals surface area contributed by atoms with Gasteiger partial charge in [-0.15, -0.1) is 0 Å². The van der Waals surface area contributed by atoms with E-state index in [1.54, 1.807) is 6.07 Å². The molecule has 1 amide bonds. The van der Waals surface area contributed by atoms with E-state index in [-0.39, 0.29) is 23.0 Å². The van der Waals surface area contributed by atoms with Gasteiger partial charge in [0.1, 0.15) is 17.3 Å².